The number of halogens is 2. The number of nitrogens with one attached hydrogen (secondary N) is 1. The zero-order chi connectivity index (χ0) is 10.9. The Bertz CT molecular complexity index is 348. The van der Waals surface area contributed by atoms with Gasteiger partial charge in [-0.05, 0) is 25.0 Å². The van der Waals surface area contributed by atoms with Crippen LogP contribution in [0.25, 0.3) is 0 Å². The molecule has 1 aliphatic rings. The van der Waals surface area contributed by atoms with Gasteiger partial charge in [0, 0.05) is 24.3 Å². The molecule has 1 aromatic heterocycles. The van der Waals surface area contributed by atoms with Crippen LogP contribution in [0.2, 0.25) is 0 Å². The Morgan fingerprint density at radius 3 is 2.87 bits per heavy atom. The van der Waals surface area contributed by atoms with Crippen molar-refractivity contribution >= 4 is 7.85 Å². The Balaban J connectivity index is 2.04. The Hall–Kier alpha value is -0.965. The highest BCUT2D eigenvalue weighted by atomic mass is 19.3. The van der Waals surface area contributed by atoms with E-state index in [1.807, 2.05) is 0 Å². The number of hydrogen-bond donors (Lipinski definition) is 1. The predicted molar refractivity (Wildman–Crippen MR) is 53.7 cm³/mol. The number of nitrogens with zero attached hydrogens (tertiary/aromatic N) is 1. The fraction of sp³-hybridized carbons (Fsp3) is 0.500. The van der Waals surface area contributed by atoms with Crippen molar-refractivity contribution in [3.8, 4) is 0 Å². The first kappa shape index (κ1) is 10.5. The van der Waals surface area contributed by atoms with Gasteiger partial charge in [0.1, 0.15) is 0 Å². The van der Waals surface area contributed by atoms with Gasteiger partial charge in [0.05, 0.1) is 5.69 Å². The summed E-state index contributed by atoms with van der Waals surface area (Å²) in [6, 6.07) is 3.12. The highest BCUT2D eigenvalue weighted by Crippen LogP contribution is 2.24. The number of pyridine rings is 1. The van der Waals surface area contributed by atoms with E-state index in [2.05, 4.69) is 10.3 Å². The molecule has 2 rings (SSSR count). The molecule has 1 N–H and O–H groups in total. The fourth-order valence-electron chi connectivity index (χ4n) is 1.32. The zero-order valence-electron chi connectivity index (χ0n) is 8.21. The van der Waals surface area contributed by atoms with Gasteiger partial charge < -0.3 is 5.32 Å². The highest BCUT2D eigenvalue weighted by Gasteiger charge is 2.24. The summed E-state index contributed by atoms with van der Waals surface area (Å²) in [5.74, 6) is -3.28. The van der Waals surface area contributed by atoms with E-state index in [-0.39, 0.29) is 5.56 Å². The van der Waals surface area contributed by atoms with Crippen molar-refractivity contribution in [2.75, 3.05) is 0 Å². The van der Waals surface area contributed by atoms with Gasteiger partial charge >= 0.3 is 0 Å². The van der Waals surface area contributed by atoms with Gasteiger partial charge in [0.25, 0.3) is 0 Å². The third-order valence-corrected chi connectivity index (χ3v) is 2.35. The fourth-order valence-corrected chi connectivity index (χ4v) is 1.32. The first-order valence-electron chi connectivity index (χ1n) is 4.91. The molecule has 1 saturated carbocycles. The zero-order valence-corrected chi connectivity index (χ0v) is 8.21. The summed E-state index contributed by atoms with van der Waals surface area (Å²) < 4.78 is 25.6. The van der Waals surface area contributed by atoms with Crippen molar-refractivity contribution in [1.82, 2.24) is 10.3 Å². The number of aromatic nitrogens is 1. The molecule has 0 unspecified atom stereocenters. The SMILES string of the molecule is [B]C(F)(F)c1ccnc(CNC2CC2)c1. The van der Waals surface area contributed by atoms with Gasteiger partial charge in [-0.3, -0.25) is 4.98 Å². The van der Waals surface area contributed by atoms with E-state index < -0.39 is 5.82 Å². The third-order valence-electron chi connectivity index (χ3n) is 2.35. The molecule has 0 aromatic carbocycles. The molecule has 2 nitrogen and oxygen atoms in total. The molecular weight excluding hydrogens is 197 g/mol. The molecule has 0 saturated heterocycles. The van der Waals surface area contributed by atoms with E-state index in [9.17, 15) is 8.78 Å². The van der Waals surface area contributed by atoms with Crippen LogP contribution in [0.4, 0.5) is 8.78 Å². The Morgan fingerprint density at radius 1 is 1.53 bits per heavy atom. The molecule has 5 heteroatoms. The van der Waals surface area contributed by atoms with E-state index in [4.69, 9.17) is 7.85 Å². The summed E-state index contributed by atoms with van der Waals surface area (Å²) in [6.07, 6.45) is 3.68. The van der Waals surface area contributed by atoms with Crippen LogP contribution < -0.4 is 5.32 Å². The van der Waals surface area contributed by atoms with E-state index in [0.29, 0.717) is 18.3 Å². The molecule has 0 atom stereocenters. The summed E-state index contributed by atoms with van der Waals surface area (Å²) in [7, 11) is 4.71. The van der Waals surface area contributed by atoms with Crippen molar-refractivity contribution in [3.63, 3.8) is 0 Å². The first-order chi connectivity index (χ1) is 7.05. The quantitative estimate of drug-likeness (QED) is 0.759. The van der Waals surface area contributed by atoms with E-state index in [0.717, 1.165) is 12.8 Å². The lowest BCUT2D eigenvalue weighted by Gasteiger charge is -2.12. The standard InChI is InChI=1S/C10H11BF2N2/c11-10(12,13)7-3-4-14-9(5-7)6-15-8-1-2-8/h3-5,8,15H,1-2,6H2. The summed E-state index contributed by atoms with van der Waals surface area (Å²) in [4.78, 5) is 4.00. The Morgan fingerprint density at radius 2 is 2.27 bits per heavy atom. The van der Waals surface area contributed by atoms with Crippen molar-refractivity contribution < 1.29 is 8.78 Å². The third kappa shape index (κ3) is 2.99. The first-order valence-corrected chi connectivity index (χ1v) is 4.91. The lowest BCUT2D eigenvalue weighted by Crippen LogP contribution is -2.18. The van der Waals surface area contributed by atoms with Gasteiger partial charge in [-0.2, -0.15) is 0 Å². The van der Waals surface area contributed by atoms with Crippen LogP contribution in [0.5, 0.6) is 0 Å². The second kappa shape index (κ2) is 3.89. The minimum Gasteiger partial charge on any atom is -0.308 e. The number of alkyl halides is 2. The predicted octanol–water partition coefficient (Wildman–Crippen LogP) is 1.55. The van der Waals surface area contributed by atoms with E-state index in [1.165, 1.54) is 18.3 Å². The van der Waals surface area contributed by atoms with Gasteiger partial charge in [-0.15, -0.1) is 0 Å². The normalized spacial score (nSPS) is 16.7. The molecule has 15 heavy (non-hydrogen) atoms. The van der Waals surface area contributed by atoms with Gasteiger partial charge in [-0.1, -0.05) is 0 Å². The molecule has 1 aliphatic carbocycles. The average molecular weight is 208 g/mol. The maximum Gasteiger partial charge on any atom is 0.224 e. The number of rotatable bonds is 4. The average Bonchev–Trinajstić information content (AvgIpc) is 2.97. The molecule has 1 aromatic rings. The van der Waals surface area contributed by atoms with Crippen molar-refractivity contribution in [3.05, 3.63) is 29.6 Å². The van der Waals surface area contributed by atoms with Gasteiger partial charge in [0.2, 0.25) is 5.82 Å². The van der Waals surface area contributed by atoms with Crippen LogP contribution in [0.1, 0.15) is 24.1 Å². The summed E-state index contributed by atoms with van der Waals surface area (Å²) in [5.41, 5.74) is 0.412. The Kier molecular flexibility index (Phi) is 2.73. The molecule has 1 fully saturated rings. The van der Waals surface area contributed by atoms with Crippen LogP contribution in [0.3, 0.4) is 0 Å². The highest BCUT2D eigenvalue weighted by molar-refractivity contribution is 6.13. The topological polar surface area (TPSA) is 24.9 Å². The second-order valence-electron chi connectivity index (χ2n) is 3.81. The van der Waals surface area contributed by atoms with Gasteiger partial charge in [-0.25, -0.2) is 8.78 Å². The second-order valence-corrected chi connectivity index (χ2v) is 3.81. The molecule has 0 amide bonds. The molecular formula is C10H11BF2N2. The maximum absolute atomic E-state index is 12.8. The minimum absolute atomic E-state index is 0.190. The van der Waals surface area contributed by atoms with Crippen LogP contribution in [-0.4, -0.2) is 18.9 Å². The van der Waals surface area contributed by atoms with Crippen molar-refractivity contribution in [2.24, 2.45) is 0 Å². The van der Waals surface area contributed by atoms with E-state index in [1.54, 1.807) is 0 Å². The lowest BCUT2D eigenvalue weighted by atomic mass is 9.91. The van der Waals surface area contributed by atoms with Crippen LogP contribution >= 0.6 is 0 Å². The van der Waals surface area contributed by atoms with Crippen LogP contribution in [0.15, 0.2) is 18.3 Å². The molecule has 1 heterocycles. The molecule has 78 valence electrons. The monoisotopic (exact) mass is 208 g/mol. The molecule has 0 spiro atoms. The van der Waals surface area contributed by atoms with Crippen LogP contribution in [0, 0.1) is 0 Å². The largest absolute Gasteiger partial charge is 0.308 e. The van der Waals surface area contributed by atoms with Crippen molar-refractivity contribution in [1.29, 1.82) is 0 Å². The molecule has 0 aliphatic heterocycles. The minimum atomic E-state index is -3.28. The maximum atomic E-state index is 12.8. The lowest BCUT2D eigenvalue weighted by molar-refractivity contribution is 0.0939. The van der Waals surface area contributed by atoms with E-state index >= 15 is 0 Å². The van der Waals surface area contributed by atoms with Crippen molar-refractivity contribution in [2.45, 2.75) is 31.3 Å². The summed E-state index contributed by atoms with van der Waals surface area (Å²) in [5, 5.41) is 3.20. The summed E-state index contributed by atoms with van der Waals surface area (Å²) in [6.45, 7) is 0.522. The Labute approximate surface area is 88.5 Å². The smallest absolute Gasteiger partial charge is 0.224 e. The number of hydrogen-bond acceptors (Lipinski definition) is 2. The van der Waals surface area contributed by atoms with Crippen LogP contribution in [-0.2, 0) is 12.4 Å². The molecule has 2 radical (unpaired) electrons. The molecule has 0 bridgehead atoms. The summed E-state index contributed by atoms with van der Waals surface area (Å²) >= 11 is 0. The van der Waals surface area contributed by atoms with Gasteiger partial charge in [0.15, 0.2) is 7.85 Å².